The Morgan fingerprint density at radius 1 is 1.29 bits per heavy atom. The highest BCUT2D eigenvalue weighted by molar-refractivity contribution is 6.34. The highest BCUT2D eigenvalue weighted by Crippen LogP contribution is 2.29. The van der Waals surface area contributed by atoms with Gasteiger partial charge in [-0.2, -0.15) is 0 Å². The molecule has 1 amide bonds. The summed E-state index contributed by atoms with van der Waals surface area (Å²) in [6.45, 7) is 1.84. The molecule has 0 aliphatic carbocycles. The zero-order valence-corrected chi connectivity index (χ0v) is 11.7. The molecule has 108 valence electrons. The molecule has 2 rings (SSSR count). The number of amides is 1. The first-order valence-corrected chi connectivity index (χ1v) is 6.31. The van der Waals surface area contributed by atoms with Crippen molar-refractivity contribution in [2.75, 3.05) is 5.32 Å². The fourth-order valence-electron chi connectivity index (χ4n) is 1.73. The number of hydrogen-bond donors (Lipinski definition) is 2. The van der Waals surface area contributed by atoms with Gasteiger partial charge in [-0.05, 0) is 30.7 Å². The molecule has 0 fully saturated rings. The lowest BCUT2D eigenvalue weighted by molar-refractivity contribution is -0.384. The molecule has 0 spiro atoms. The molecule has 2 aromatic rings. The van der Waals surface area contributed by atoms with Crippen molar-refractivity contribution in [2.45, 2.75) is 6.92 Å². The summed E-state index contributed by atoms with van der Waals surface area (Å²) in [6, 6.07) is 8.35. The fourth-order valence-corrected chi connectivity index (χ4v) is 2.05. The average molecular weight is 307 g/mol. The van der Waals surface area contributed by atoms with Crippen LogP contribution in [-0.2, 0) is 0 Å². The second-order valence-corrected chi connectivity index (χ2v) is 4.80. The van der Waals surface area contributed by atoms with E-state index in [0.29, 0.717) is 0 Å². The number of nitro groups is 1. The number of anilines is 1. The third-order valence-corrected chi connectivity index (χ3v) is 3.12. The van der Waals surface area contributed by atoms with Gasteiger partial charge in [0, 0.05) is 6.07 Å². The minimum atomic E-state index is -0.637. The first kappa shape index (κ1) is 14.8. The van der Waals surface area contributed by atoms with Gasteiger partial charge in [0.1, 0.15) is 5.75 Å². The molecule has 0 saturated carbocycles. The lowest BCUT2D eigenvalue weighted by atomic mass is 10.1. The minimum absolute atomic E-state index is 0.0715. The van der Waals surface area contributed by atoms with Gasteiger partial charge in [0.2, 0.25) is 0 Å². The topological polar surface area (TPSA) is 92.5 Å². The third-order valence-electron chi connectivity index (χ3n) is 2.81. The van der Waals surface area contributed by atoms with Crippen molar-refractivity contribution in [3.8, 4) is 5.75 Å². The summed E-state index contributed by atoms with van der Waals surface area (Å²) in [4.78, 5) is 22.0. The minimum Gasteiger partial charge on any atom is -0.506 e. The van der Waals surface area contributed by atoms with Gasteiger partial charge in [-0.15, -0.1) is 0 Å². The van der Waals surface area contributed by atoms with Gasteiger partial charge in [-0.25, -0.2) is 0 Å². The van der Waals surface area contributed by atoms with E-state index in [1.807, 2.05) is 6.92 Å². The van der Waals surface area contributed by atoms with Crippen LogP contribution in [-0.4, -0.2) is 15.9 Å². The van der Waals surface area contributed by atoms with Gasteiger partial charge < -0.3 is 10.4 Å². The van der Waals surface area contributed by atoms with Crippen molar-refractivity contribution in [1.82, 2.24) is 0 Å². The van der Waals surface area contributed by atoms with Crippen LogP contribution in [0.3, 0.4) is 0 Å². The molecule has 2 N–H and O–H groups in total. The maximum atomic E-state index is 12.1. The Kier molecular flexibility index (Phi) is 4.09. The monoisotopic (exact) mass is 306 g/mol. The largest absolute Gasteiger partial charge is 0.506 e. The van der Waals surface area contributed by atoms with Crippen LogP contribution in [0.15, 0.2) is 36.4 Å². The first-order valence-electron chi connectivity index (χ1n) is 5.93. The molecule has 0 unspecified atom stereocenters. The van der Waals surface area contributed by atoms with Crippen molar-refractivity contribution in [3.05, 3.63) is 62.7 Å². The predicted molar refractivity (Wildman–Crippen MR) is 78.9 cm³/mol. The van der Waals surface area contributed by atoms with Gasteiger partial charge >= 0.3 is 0 Å². The van der Waals surface area contributed by atoms with Gasteiger partial charge in [-0.1, -0.05) is 17.7 Å². The molecule has 7 heteroatoms. The normalized spacial score (nSPS) is 10.2. The molecule has 0 aliphatic heterocycles. The molecule has 6 nitrogen and oxygen atoms in total. The highest BCUT2D eigenvalue weighted by Gasteiger charge is 2.15. The SMILES string of the molecule is Cc1ccc(C(=O)Nc2ccc([N+](=O)[O-])cc2O)c(Cl)c1. The van der Waals surface area contributed by atoms with Crippen LogP contribution in [0, 0.1) is 17.0 Å². The van der Waals surface area contributed by atoms with Crippen molar-refractivity contribution in [3.63, 3.8) is 0 Å². The Bertz CT molecular complexity index is 731. The quantitative estimate of drug-likeness (QED) is 0.515. The first-order chi connectivity index (χ1) is 9.88. The van der Waals surface area contributed by atoms with Crippen LogP contribution >= 0.6 is 11.6 Å². The molecule has 21 heavy (non-hydrogen) atoms. The molecular formula is C14H11ClN2O4. The second kappa shape index (κ2) is 5.80. The fraction of sp³-hybridized carbons (Fsp3) is 0.0714. The van der Waals surface area contributed by atoms with E-state index < -0.39 is 10.8 Å². The van der Waals surface area contributed by atoms with Gasteiger partial charge in [0.25, 0.3) is 11.6 Å². The van der Waals surface area contributed by atoms with Crippen LogP contribution in [0.4, 0.5) is 11.4 Å². The molecule has 0 heterocycles. The van der Waals surface area contributed by atoms with Crippen molar-refractivity contribution in [2.24, 2.45) is 0 Å². The number of carbonyl (C=O) groups is 1. The molecule has 0 aliphatic rings. The number of aryl methyl sites for hydroxylation is 1. The maximum absolute atomic E-state index is 12.1. The van der Waals surface area contributed by atoms with Crippen LogP contribution in [0.25, 0.3) is 0 Å². The van der Waals surface area contributed by atoms with E-state index in [9.17, 15) is 20.0 Å². The molecule has 0 saturated heterocycles. The zero-order valence-electron chi connectivity index (χ0n) is 11.0. The van der Waals surface area contributed by atoms with Crippen molar-refractivity contribution < 1.29 is 14.8 Å². The summed E-state index contributed by atoms with van der Waals surface area (Å²) in [6.07, 6.45) is 0. The molecular weight excluding hydrogens is 296 g/mol. The number of carbonyl (C=O) groups excluding carboxylic acids is 1. The number of nitrogens with zero attached hydrogens (tertiary/aromatic N) is 1. The van der Waals surface area contributed by atoms with E-state index >= 15 is 0 Å². The number of benzene rings is 2. The van der Waals surface area contributed by atoms with Crippen LogP contribution in [0.1, 0.15) is 15.9 Å². The number of hydrogen-bond acceptors (Lipinski definition) is 4. The Morgan fingerprint density at radius 2 is 2.00 bits per heavy atom. The molecule has 2 aromatic carbocycles. The van der Waals surface area contributed by atoms with E-state index in [-0.39, 0.29) is 27.7 Å². The number of phenols is 1. The summed E-state index contributed by atoms with van der Waals surface area (Å²) in [5, 5.41) is 23.0. The molecule has 0 radical (unpaired) electrons. The number of rotatable bonds is 3. The summed E-state index contributed by atoms with van der Waals surface area (Å²) in [5.74, 6) is -0.898. The zero-order chi connectivity index (χ0) is 15.6. The van der Waals surface area contributed by atoms with Crippen molar-refractivity contribution >= 4 is 28.9 Å². The van der Waals surface area contributed by atoms with E-state index in [0.717, 1.165) is 11.6 Å². The van der Waals surface area contributed by atoms with Gasteiger partial charge in [0.05, 0.1) is 27.3 Å². The van der Waals surface area contributed by atoms with Crippen LogP contribution < -0.4 is 5.32 Å². The van der Waals surface area contributed by atoms with Gasteiger partial charge in [-0.3, -0.25) is 14.9 Å². The molecule has 0 aromatic heterocycles. The predicted octanol–water partition coefficient (Wildman–Crippen LogP) is 3.51. The lowest BCUT2D eigenvalue weighted by Gasteiger charge is -2.08. The average Bonchev–Trinajstić information content (AvgIpc) is 2.40. The molecule has 0 bridgehead atoms. The molecule has 0 atom stereocenters. The number of nitrogens with one attached hydrogen (secondary N) is 1. The summed E-state index contributed by atoms with van der Waals surface area (Å²) >= 11 is 5.98. The van der Waals surface area contributed by atoms with Gasteiger partial charge in [0.15, 0.2) is 0 Å². The smallest absolute Gasteiger partial charge is 0.273 e. The summed E-state index contributed by atoms with van der Waals surface area (Å²) < 4.78 is 0. The van der Waals surface area contributed by atoms with Crippen LogP contribution in [0.2, 0.25) is 5.02 Å². The lowest BCUT2D eigenvalue weighted by Crippen LogP contribution is -2.12. The van der Waals surface area contributed by atoms with Crippen LogP contribution in [0.5, 0.6) is 5.75 Å². The number of halogens is 1. The Morgan fingerprint density at radius 3 is 2.57 bits per heavy atom. The second-order valence-electron chi connectivity index (χ2n) is 4.40. The Hall–Kier alpha value is -2.60. The maximum Gasteiger partial charge on any atom is 0.273 e. The summed E-state index contributed by atoms with van der Waals surface area (Å²) in [7, 11) is 0. The highest BCUT2D eigenvalue weighted by atomic mass is 35.5. The summed E-state index contributed by atoms with van der Waals surface area (Å²) in [5.41, 5.74) is 0.968. The van der Waals surface area contributed by atoms with E-state index in [4.69, 9.17) is 11.6 Å². The number of phenolic OH excluding ortho intramolecular Hbond substituents is 1. The van der Waals surface area contributed by atoms with E-state index in [1.54, 1.807) is 18.2 Å². The van der Waals surface area contributed by atoms with Crippen molar-refractivity contribution in [1.29, 1.82) is 0 Å². The number of nitro benzene ring substituents is 1. The third kappa shape index (κ3) is 3.29. The number of non-ortho nitro benzene ring substituents is 1. The van der Waals surface area contributed by atoms with E-state index in [1.165, 1.54) is 12.1 Å². The Labute approximate surface area is 125 Å². The standard InChI is InChI=1S/C14H11ClN2O4/c1-8-2-4-10(11(15)6-8)14(19)16-12-5-3-9(17(20)21)7-13(12)18/h2-7,18H,1H3,(H,16,19). The Balaban J connectivity index is 2.25. The number of aromatic hydroxyl groups is 1. The van der Waals surface area contributed by atoms with E-state index in [2.05, 4.69) is 5.32 Å².